The van der Waals surface area contributed by atoms with Crippen molar-refractivity contribution in [1.29, 1.82) is 0 Å². The molecule has 2 aliphatic heterocycles. The second kappa shape index (κ2) is 10.9. The Hall–Kier alpha value is -2.67. The van der Waals surface area contributed by atoms with Crippen molar-refractivity contribution < 1.29 is 9.59 Å². The summed E-state index contributed by atoms with van der Waals surface area (Å²) in [5.41, 5.74) is 2.37. The monoisotopic (exact) mass is 477 g/mol. The first-order valence-corrected chi connectivity index (χ1v) is 13.5. The van der Waals surface area contributed by atoms with E-state index in [2.05, 4.69) is 14.9 Å². The van der Waals surface area contributed by atoms with E-state index in [1.54, 1.807) is 4.68 Å². The molecule has 2 amide bonds. The van der Waals surface area contributed by atoms with Crippen LogP contribution in [0.2, 0.25) is 0 Å². The van der Waals surface area contributed by atoms with Crippen LogP contribution in [-0.2, 0) is 4.79 Å². The molecule has 2 aromatic rings. The summed E-state index contributed by atoms with van der Waals surface area (Å²) in [6.07, 6.45) is 11.0. The van der Waals surface area contributed by atoms with Crippen molar-refractivity contribution in [2.45, 2.75) is 64.3 Å². The van der Waals surface area contributed by atoms with Crippen LogP contribution in [-0.4, -0.2) is 81.6 Å². The number of benzene rings is 1. The molecule has 5 rings (SSSR count). The molecular weight excluding hydrogens is 438 g/mol. The quantitative estimate of drug-likeness (QED) is 0.655. The highest BCUT2D eigenvalue weighted by atomic mass is 16.2. The first-order chi connectivity index (χ1) is 17.1. The molecule has 3 heterocycles. The third kappa shape index (κ3) is 5.61. The Balaban J connectivity index is 1.08. The summed E-state index contributed by atoms with van der Waals surface area (Å²) in [6, 6.07) is 10.6. The standard InChI is InChI=1S/C28H39N5O2/c1-22-26(21-33(29-22)25-10-6-3-7-11-25)28(35)32-14-12-23(13-15-32)20-27(34)31-18-16-30(17-19-31)24-8-4-2-5-9-24/h3,6-7,10-11,21,23-24H,2,4-5,8-9,12-20H2,1H3. The number of likely N-dealkylation sites (tertiary alicyclic amines) is 1. The Bertz CT molecular complexity index is 998. The fourth-order valence-electron chi connectivity index (χ4n) is 6.05. The smallest absolute Gasteiger partial charge is 0.257 e. The summed E-state index contributed by atoms with van der Waals surface area (Å²) in [5.74, 6) is 0.724. The molecule has 0 unspecified atom stereocenters. The van der Waals surface area contributed by atoms with Crippen LogP contribution in [0.5, 0.6) is 0 Å². The van der Waals surface area contributed by atoms with E-state index in [4.69, 9.17) is 0 Å². The van der Waals surface area contributed by atoms with Crippen molar-refractivity contribution in [3.63, 3.8) is 0 Å². The number of hydrogen-bond acceptors (Lipinski definition) is 4. The van der Waals surface area contributed by atoms with Crippen molar-refractivity contribution in [1.82, 2.24) is 24.5 Å². The molecule has 7 nitrogen and oxygen atoms in total. The highest BCUT2D eigenvalue weighted by molar-refractivity contribution is 5.95. The van der Waals surface area contributed by atoms with Crippen LogP contribution in [0.25, 0.3) is 5.69 Å². The Morgan fingerprint density at radius 2 is 1.54 bits per heavy atom. The van der Waals surface area contributed by atoms with Gasteiger partial charge in [0.25, 0.3) is 5.91 Å². The van der Waals surface area contributed by atoms with Crippen LogP contribution >= 0.6 is 0 Å². The predicted molar refractivity (Wildman–Crippen MR) is 137 cm³/mol. The minimum Gasteiger partial charge on any atom is -0.340 e. The van der Waals surface area contributed by atoms with Crippen LogP contribution in [0.4, 0.5) is 0 Å². The SMILES string of the molecule is Cc1nn(-c2ccccc2)cc1C(=O)N1CCC(CC(=O)N2CCN(C3CCCCC3)CC2)CC1. The number of carbonyl (C=O) groups is 2. The van der Waals surface area contributed by atoms with Gasteiger partial charge in [-0.15, -0.1) is 0 Å². The van der Waals surface area contributed by atoms with E-state index in [0.717, 1.165) is 56.4 Å². The molecule has 188 valence electrons. The number of hydrogen-bond donors (Lipinski definition) is 0. The topological polar surface area (TPSA) is 61.7 Å². The first kappa shape index (κ1) is 24.0. The van der Waals surface area contributed by atoms with Gasteiger partial charge in [0.15, 0.2) is 0 Å². The van der Waals surface area contributed by atoms with E-state index in [-0.39, 0.29) is 5.91 Å². The number of amides is 2. The summed E-state index contributed by atoms with van der Waals surface area (Å²) >= 11 is 0. The van der Waals surface area contributed by atoms with Gasteiger partial charge in [0, 0.05) is 57.9 Å². The first-order valence-electron chi connectivity index (χ1n) is 13.5. The molecule has 7 heteroatoms. The number of rotatable bonds is 5. The van der Waals surface area contributed by atoms with Gasteiger partial charge in [-0.05, 0) is 50.7 Å². The molecule has 1 aliphatic carbocycles. The molecule has 2 saturated heterocycles. The zero-order chi connectivity index (χ0) is 24.2. The third-order valence-electron chi connectivity index (χ3n) is 8.27. The average Bonchev–Trinajstić information content (AvgIpc) is 3.31. The van der Waals surface area contributed by atoms with Gasteiger partial charge in [0.2, 0.25) is 5.91 Å². The summed E-state index contributed by atoms with van der Waals surface area (Å²) in [4.78, 5) is 32.8. The molecule has 3 fully saturated rings. The molecule has 0 spiro atoms. The minimum absolute atomic E-state index is 0.0493. The Kier molecular flexibility index (Phi) is 7.51. The van der Waals surface area contributed by atoms with Crippen molar-refractivity contribution in [3.05, 3.63) is 47.8 Å². The van der Waals surface area contributed by atoms with Crippen LogP contribution in [0.15, 0.2) is 36.5 Å². The van der Waals surface area contributed by atoms with Gasteiger partial charge in [-0.1, -0.05) is 37.5 Å². The Morgan fingerprint density at radius 3 is 2.23 bits per heavy atom. The number of para-hydroxylation sites is 1. The van der Waals surface area contributed by atoms with E-state index >= 15 is 0 Å². The maximum absolute atomic E-state index is 13.2. The summed E-state index contributed by atoms with van der Waals surface area (Å²) in [7, 11) is 0. The van der Waals surface area contributed by atoms with E-state index in [1.165, 1.54) is 32.1 Å². The molecule has 3 aliphatic rings. The van der Waals surface area contributed by atoms with Crippen LogP contribution in [0, 0.1) is 12.8 Å². The molecule has 0 bridgehead atoms. The maximum Gasteiger partial charge on any atom is 0.257 e. The van der Waals surface area contributed by atoms with Crippen molar-refractivity contribution >= 4 is 11.8 Å². The lowest BCUT2D eigenvalue weighted by molar-refractivity contribution is -0.134. The Labute approximate surface area is 209 Å². The summed E-state index contributed by atoms with van der Waals surface area (Å²) < 4.78 is 1.78. The third-order valence-corrected chi connectivity index (χ3v) is 8.27. The number of piperidine rings is 1. The molecule has 0 N–H and O–H groups in total. The van der Waals surface area contributed by atoms with Crippen molar-refractivity contribution in [2.75, 3.05) is 39.3 Å². The fraction of sp³-hybridized carbons (Fsp3) is 0.607. The molecule has 35 heavy (non-hydrogen) atoms. The van der Waals surface area contributed by atoms with Gasteiger partial charge < -0.3 is 9.80 Å². The lowest BCUT2D eigenvalue weighted by Gasteiger charge is -2.41. The van der Waals surface area contributed by atoms with Gasteiger partial charge in [-0.25, -0.2) is 4.68 Å². The van der Waals surface area contributed by atoms with E-state index in [0.29, 0.717) is 36.9 Å². The van der Waals surface area contributed by atoms with Crippen molar-refractivity contribution in [3.8, 4) is 5.69 Å². The van der Waals surface area contributed by atoms with Gasteiger partial charge in [0.05, 0.1) is 16.9 Å². The van der Waals surface area contributed by atoms with E-state index in [1.807, 2.05) is 48.4 Å². The fourth-order valence-corrected chi connectivity index (χ4v) is 6.05. The zero-order valence-electron chi connectivity index (χ0n) is 21.1. The van der Waals surface area contributed by atoms with E-state index in [9.17, 15) is 9.59 Å². The highest BCUT2D eigenvalue weighted by Gasteiger charge is 2.30. The largest absolute Gasteiger partial charge is 0.340 e. The zero-order valence-corrected chi connectivity index (χ0v) is 21.1. The van der Waals surface area contributed by atoms with Crippen molar-refractivity contribution in [2.24, 2.45) is 5.92 Å². The maximum atomic E-state index is 13.2. The molecule has 1 aromatic carbocycles. The number of piperazine rings is 1. The summed E-state index contributed by atoms with van der Waals surface area (Å²) in [6.45, 7) is 7.12. The molecular formula is C28H39N5O2. The number of nitrogens with zero attached hydrogens (tertiary/aromatic N) is 5. The molecule has 0 atom stereocenters. The average molecular weight is 478 g/mol. The van der Waals surface area contributed by atoms with Gasteiger partial charge in [0.1, 0.15) is 0 Å². The van der Waals surface area contributed by atoms with Gasteiger partial charge in [-0.2, -0.15) is 5.10 Å². The minimum atomic E-state index is 0.0493. The number of carbonyl (C=O) groups excluding carboxylic acids is 2. The molecule has 1 saturated carbocycles. The molecule has 0 radical (unpaired) electrons. The highest BCUT2D eigenvalue weighted by Crippen LogP contribution is 2.26. The van der Waals surface area contributed by atoms with Gasteiger partial charge in [-0.3, -0.25) is 14.5 Å². The van der Waals surface area contributed by atoms with Gasteiger partial charge >= 0.3 is 0 Å². The Morgan fingerprint density at radius 1 is 0.857 bits per heavy atom. The number of aryl methyl sites for hydroxylation is 1. The molecule has 1 aromatic heterocycles. The van der Waals surface area contributed by atoms with Crippen LogP contribution in [0.1, 0.15) is 67.4 Å². The summed E-state index contributed by atoms with van der Waals surface area (Å²) in [5, 5.41) is 4.55. The van der Waals surface area contributed by atoms with Crippen LogP contribution in [0.3, 0.4) is 0 Å². The second-order valence-corrected chi connectivity index (χ2v) is 10.6. The number of aromatic nitrogens is 2. The predicted octanol–water partition coefficient (Wildman–Crippen LogP) is 3.90. The lowest BCUT2D eigenvalue weighted by Crippen LogP contribution is -2.52. The second-order valence-electron chi connectivity index (χ2n) is 10.6. The normalized spacial score (nSPS) is 20.8. The van der Waals surface area contributed by atoms with Crippen LogP contribution < -0.4 is 0 Å². The lowest BCUT2D eigenvalue weighted by atomic mass is 9.92. The van der Waals surface area contributed by atoms with E-state index < -0.39 is 0 Å².